The van der Waals surface area contributed by atoms with Crippen molar-refractivity contribution < 1.29 is 5.21 Å². The number of aryl methyl sites for hydroxylation is 3. The number of oxime groups is 1. The molecule has 1 aromatic carbocycles. The Balaban J connectivity index is 2.36. The predicted octanol–water partition coefficient (Wildman–Crippen LogP) is 2.25. The summed E-state index contributed by atoms with van der Waals surface area (Å²) in [6, 6.07) is 8.27. The summed E-state index contributed by atoms with van der Waals surface area (Å²) in [5.41, 5.74) is 12.0. The van der Waals surface area contributed by atoms with Gasteiger partial charge in [-0.2, -0.15) is 0 Å². The highest BCUT2D eigenvalue weighted by Crippen LogP contribution is 2.36. The van der Waals surface area contributed by atoms with Gasteiger partial charge in [0.25, 0.3) is 0 Å². The van der Waals surface area contributed by atoms with E-state index in [-0.39, 0.29) is 5.84 Å². The first kappa shape index (κ1) is 11.7. The molecule has 1 heterocycles. The second-order valence-corrected chi connectivity index (χ2v) is 4.76. The molecule has 0 atom stereocenters. The second kappa shape index (κ2) is 4.39. The Morgan fingerprint density at radius 3 is 2.79 bits per heavy atom. The van der Waals surface area contributed by atoms with Crippen molar-refractivity contribution >= 4 is 5.84 Å². The summed E-state index contributed by atoms with van der Waals surface area (Å²) in [7, 11) is 0. The van der Waals surface area contributed by atoms with Crippen molar-refractivity contribution in [2.75, 3.05) is 0 Å². The number of amidine groups is 1. The van der Waals surface area contributed by atoms with Crippen LogP contribution in [0.2, 0.25) is 0 Å². The minimum Gasteiger partial charge on any atom is -0.409 e. The van der Waals surface area contributed by atoms with Gasteiger partial charge in [-0.3, -0.25) is 4.98 Å². The van der Waals surface area contributed by atoms with E-state index in [0.717, 1.165) is 40.8 Å². The molecule has 0 aliphatic heterocycles. The molecule has 1 aliphatic carbocycles. The summed E-state index contributed by atoms with van der Waals surface area (Å²) in [5.74, 6) is 0.124. The Kier molecular flexibility index (Phi) is 2.71. The lowest BCUT2D eigenvalue weighted by Gasteiger charge is -2.22. The fraction of sp³-hybridized carbons (Fsp3) is 0.200. The first-order valence-electron chi connectivity index (χ1n) is 6.27. The number of hydrogen-bond donors (Lipinski definition) is 2. The molecule has 0 fully saturated rings. The molecule has 0 bridgehead atoms. The van der Waals surface area contributed by atoms with Crippen molar-refractivity contribution in [3.8, 4) is 11.1 Å². The molecule has 3 rings (SSSR count). The van der Waals surface area contributed by atoms with Crippen molar-refractivity contribution in [2.24, 2.45) is 10.9 Å². The van der Waals surface area contributed by atoms with Gasteiger partial charge in [-0.05, 0) is 42.0 Å². The van der Waals surface area contributed by atoms with Gasteiger partial charge in [-0.15, -0.1) is 0 Å². The molecule has 1 aromatic heterocycles. The Hall–Kier alpha value is -2.36. The lowest BCUT2D eigenvalue weighted by atomic mass is 9.83. The monoisotopic (exact) mass is 253 g/mol. The maximum Gasteiger partial charge on any atom is 0.172 e. The Morgan fingerprint density at radius 1 is 1.26 bits per heavy atom. The van der Waals surface area contributed by atoms with Crippen LogP contribution in [-0.2, 0) is 12.8 Å². The van der Waals surface area contributed by atoms with Crippen LogP contribution >= 0.6 is 0 Å². The third-order valence-electron chi connectivity index (χ3n) is 3.66. The summed E-state index contributed by atoms with van der Waals surface area (Å²) >= 11 is 0. The van der Waals surface area contributed by atoms with Gasteiger partial charge in [0.2, 0.25) is 0 Å². The zero-order chi connectivity index (χ0) is 13.4. The van der Waals surface area contributed by atoms with Gasteiger partial charge in [0.15, 0.2) is 5.84 Å². The van der Waals surface area contributed by atoms with E-state index in [4.69, 9.17) is 10.9 Å². The molecular formula is C15H15N3O. The quantitative estimate of drug-likeness (QED) is 0.354. The molecule has 0 spiro atoms. The van der Waals surface area contributed by atoms with E-state index in [2.05, 4.69) is 22.3 Å². The largest absolute Gasteiger partial charge is 0.409 e. The molecule has 19 heavy (non-hydrogen) atoms. The molecule has 0 unspecified atom stereocenters. The number of hydrogen-bond acceptors (Lipinski definition) is 3. The van der Waals surface area contributed by atoms with Crippen LogP contribution in [0.3, 0.4) is 0 Å². The Morgan fingerprint density at radius 2 is 2.00 bits per heavy atom. The average molecular weight is 253 g/mol. The van der Waals surface area contributed by atoms with Crippen LogP contribution in [-0.4, -0.2) is 16.0 Å². The van der Waals surface area contributed by atoms with E-state index in [0.29, 0.717) is 0 Å². The van der Waals surface area contributed by atoms with Crippen molar-refractivity contribution in [3.05, 3.63) is 52.8 Å². The van der Waals surface area contributed by atoms with Crippen LogP contribution < -0.4 is 5.73 Å². The van der Waals surface area contributed by atoms with Gasteiger partial charge < -0.3 is 10.9 Å². The van der Waals surface area contributed by atoms with Crippen molar-refractivity contribution in [2.45, 2.75) is 19.8 Å². The summed E-state index contributed by atoms with van der Waals surface area (Å²) in [6.45, 7) is 1.88. The molecule has 1 aliphatic rings. The van der Waals surface area contributed by atoms with E-state index >= 15 is 0 Å². The standard InChI is InChI=1S/C15H15N3O/c1-9-13(15(16)18-19)14-11(8-17-9)7-6-10-4-2-3-5-12(10)14/h2-5,8,19H,6-7H2,1H3,(H2,16,18). The molecule has 0 amide bonds. The average Bonchev–Trinajstić information content (AvgIpc) is 2.46. The molecule has 0 radical (unpaired) electrons. The van der Waals surface area contributed by atoms with Crippen molar-refractivity contribution in [3.63, 3.8) is 0 Å². The number of pyridine rings is 1. The van der Waals surface area contributed by atoms with Crippen molar-refractivity contribution in [1.82, 2.24) is 4.98 Å². The summed E-state index contributed by atoms with van der Waals surface area (Å²) in [4.78, 5) is 4.36. The van der Waals surface area contributed by atoms with Crippen molar-refractivity contribution in [1.29, 1.82) is 0 Å². The molecule has 0 saturated carbocycles. The van der Waals surface area contributed by atoms with Gasteiger partial charge >= 0.3 is 0 Å². The highest BCUT2D eigenvalue weighted by atomic mass is 16.4. The Bertz CT molecular complexity index is 677. The van der Waals surface area contributed by atoms with Crippen LogP contribution in [0.1, 0.15) is 22.4 Å². The molecule has 96 valence electrons. The number of benzene rings is 1. The van der Waals surface area contributed by atoms with Gasteiger partial charge in [0.05, 0.1) is 0 Å². The maximum absolute atomic E-state index is 9.00. The Labute approximate surface area is 111 Å². The normalized spacial score (nSPS) is 13.8. The van der Waals surface area contributed by atoms with Gasteiger partial charge in [0, 0.05) is 17.5 Å². The molecule has 4 heteroatoms. The molecule has 4 nitrogen and oxygen atoms in total. The lowest BCUT2D eigenvalue weighted by molar-refractivity contribution is 0.318. The topological polar surface area (TPSA) is 71.5 Å². The highest BCUT2D eigenvalue weighted by Gasteiger charge is 2.22. The third kappa shape index (κ3) is 1.76. The SMILES string of the molecule is Cc1ncc2c(c1/C(N)=N/O)-c1ccccc1CC2. The first-order valence-corrected chi connectivity index (χ1v) is 6.27. The van der Waals surface area contributed by atoms with E-state index in [1.807, 2.05) is 25.3 Å². The van der Waals surface area contributed by atoms with E-state index in [1.165, 1.54) is 5.56 Å². The van der Waals surface area contributed by atoms with Crippen LogP contribution in [0.15, 0.2) is 35.6 Å². The first-order chi connectivity index (χ1) is 9.22. The van der Waals surface area contributed by atoms with Gasteiger partial charge in [0.1, 0.15) is 0 Å². The second-order valence-electron chi connectivity index (χ2n) is 4.76. The summed E-state index contributed by atoms with van der Waals surface area (Å²) in [6.07, 6.45) is 3.84. The van der Waals surface area contributed by atoms with Gasteiger partial charge in [-0.1, -0.05) is 29.4 Å². The highest BCUT2D eigenvalue weighted by molar-refractivity contribution is 6.05. The molecule has 0 saturated heterocycles. The lowest BCUT2D eigenvalue weighted by Crippen LogP contribution is -2.19. The predicted molar refractivity (Wildman–Crippen MR) is 74.3 cm³/mol. The molecule has 3 N–H and O–H groups in total. The summed E-state index contributed by atoms with van der Waals surface area (Å²) < 4.78 is 0. The maximum atomic E-state index is 9.00. The zero-order valence-electron chi connectivity index (χ0n) is 10.7. The van der Waals surface area contributed by atoms with Crippen LogP contribution in [0.25, 0.3) is 11.1 Å². The fourth-order valence-corrected chi connectivity index (χ4v) is 2.76. The minimum absolute atomic E-state index is 0.124. The number of nitrogens with two attached hydrogens (primary N) is 1. The van der Waals surface area contributed by atoms with E-state index < -0.39 is 0 Å². The number of fused-ring (bicyclic) bond motifs is 3. The van der Waals surface area contributed by atoms with Crippen LogP contribution in [0.4, 0.5) is 0 Å². The van der Waals surface area contributed by atoms with E-state index in [9.17, 15) is 0 Å². The minimum atomic E-state index is 0.124. The van der Waals surface area contributed by atoms with Crippen LogP contribution in [0, 0.1) is 6.92 Å². The van der Waals surface area contributed by atoms with Gasteiger partial charge in [-0.25, -0.2) is 0 Å². The van der Waals surface area contributed by atoms with E-state index in [1.54, 1.807) is 0 Å². The molecular weight excluding hydrogens is 238 g/mol. The van der Waals surface area contributed by atoms with Crippen LogP contribution in [0.5, 0.6) is 0 Å². The molecule has 2 aromatic rings. The fourth-order valence-electron chi connectivity index (χ4n) is 2.76. The zero-order valence-corrected chi connectivity index (χ0v) is 10.7. The third-order valence-corrected chi connectivity index (χ3v) is 3.66. The summed E-state index contributed by atoms with van der Waals surface area (Å²) in [5, 5.41) is 12.2. The number of rotatable bonds is 1. The number of nitrogens with zero attached hydrogens (tertiary/aromatic N) is 2. The number of aromatic nitrogens is 1. The smallest absolute Gasteiger partial charge is 0.172 e.